The zero-order valence-corrected chi connectivity index (χ0v) is 5.54. The molecule has 2 aromatic heterocycles. The van der Waals surface area contributed by atoms with Gasteiger partial charge < -0.3 is 0 Å². The van der Waals surface area contributed by atoms with Crippen LogP contribution in [0.4, 0.5) is 0 Å². The molecule has 0 aliphatic heterocycles. The van der Waals surface area contributed by atoms with Crippen LogP contribution < -0.4 is 0 Å². The third kappa shape index (κ3) is 0.521. The molecule has 2 heterocycles. The van der Waals surface area contributed by atoms with E-state index in [9.17, 15) is 0 Å². The number of nitrogens with zero attached hydrogens (tertiary/aromatic N) is 5. The average Bonchev–Trinajstić information content (AvgIpc) is 2.44. The number of hydrogen-bond donors (Lipinski definition) is 0. The largest absolute Gasteiger partial charge is 0.235 e. The van der Waals surface area contributed by atoms with Crippen LogP contribution in [0.5, 0.6) is 0 Å². The molecule has 10 heavy (non-hydrogen) atoms. The van der Waals surface area contributed by atoms with Gasteiger partial charge in [-0.3, -0.25) is 0 Å². The van der Waals surface area contributed by atoms with E-state index >= 15 is 0 Å². The average molecular weight is 151 g/mol. The first-order chi connectivity index (χ1) is 4.92. The normalized spacial score (nSPS) is 9.90. The van der Waals surface area contributed by atoms with Crippen LogP contribution in [-0.4, -0.2) is 20.0 Å². The van der Waals surface area contributed by atoms with Gasteiger partial charge in [0.25, 0.3) is 0 Å². The van der Waals surface area contributed by atoms with Crippen molar-refractivity contribution in [1.82, 2.24) is 20.0 Å². The summed E-state index contributed by atoms with van der Waals surface area (Å²) in [4.78, 5) is 0.650. The minimum Gasteiger partial charge on any atom is -0.191 e. The molecule has 0 fully saturated rings. The number of aromatic nitrogens is 4. The molecule has 0 spiro atoms. The molecule has 5 nitrogen and oxygen atoms in total. The van der Waals surface area contributed by atoms with Crippen molar-refractivity contribution < 1.29 is 0 Å². The highest BCUT2D eigenvalue weighted by molar-refractivity contribution is 7.15. The van der Waals surface area contributed by atoms with Crippen molar-refractivity contribution in [2.75, 3.05) is 0 Å². The molecule has 0 N–H and O–H groups in total. The van der Waals surface area contributed by atoms with Gasteiger partial charge in [0.2, 0.25) is 4.96 Å². The monoisotopic (exact) mass is 151 g/mol. The second-order valence-electron chi connectivity index (χ2n) is 1.61. The summed E-state index contributed by atoms with van der Waals surface area (Å²) in [6.07, 6.45) is 0. The van der Waals surface area contributed by atoms with E-state index in [-0.39, 0.29) is 0 Å². The summed E-state index contributed by atoms with van der Waals surface area (Å²) in [5.41, 5.74) is 0.477. The summed E-state index contributed by atoms with van der Waals surface area (Å²) >= 11 is 1.35. The van der Waals surface area contributed by atoms with E-state index in [2.05, 4.69) is 15.5 Å². The number of fused-ring (bicyclic) bond motifs is 1. The quantitative estimate of drug-likeness (QED) is 0.533. The van der Waals surface area contributed by atoms with Crippen molar-refractivity contribution in [2.45, 2.75) is 0 Å². The first-order valence-corrected chi connectivity index (χ1v) is 3.35. The van der Waals surface area contributed by atoms with E-state index in [1.807, 2.05) is 6.07 Å². The Kier molecular flexibility index (Phi) is 0.930. The Labute approximate surface area is 59.5 Å². The first kappa shape index (κ1) is 5.32. The molecule has 0 aliphatic carbocycles. The van der Waals surface area contributed by atoms with Gasteiger partial charge in [0.1, 0.15) is 6.07 Å². The molecule has 0 bridgehead atoms. The fourth-order valence-electron chi connectivity index (χ4n) is 0.636. The highest BCUT2D eigenvalue weighted by Gasteiger charge is 2.03. The molecule has 0 unspecified atom stereocenters. The zero-order chi connectivity index (χ0) is 6.97. The summed E-state index contributed by atoms with van der Waals surface area (Å²) < 4.78 is 1.41. The van der Waals surface area contributed by atoms with E-state index in [0.717, 1.165) is 0 Å². The van der Waals surface area contributed by atoms with Crippen molar-refractivity contribution >= 4 is 16.3 Å². The Bertz CT molecular complexity index is 393. The van der Waals surface area contributed by atoms with Gasteiger partial charge in [0.15, 0.2) is 5.69 Å². The standard InChI is InChI=1S/C4HN5S/c5-1-3-2-10-4-6-7-8-9(3)4/h2H. The highest BCUT2D eigenvalue weighted by Crippen LogP contribution is 2.09. The smallest absolute Gasteiger partial charge is 0.191 e. The van der Waals surface area contributed by atoms with Gasteiger partial charge in [-0.05, 0) is 10.4 Å². The van der Waals surface area contributed by atoms with Gasteiger partial charge in [-0.1, -0.05) is 5.10 Å². The second-order valence-corrected chi connectivity index (χ2v) is 2.44. The predicted octanol–water partition coefficient (Wildman–Crippen LogP) is 0.0575. The first-order valence-electron chi connectivity index (χ1n) is 2.47. The SMILES string of the molecule is N#Cc1csc2nnnn12. The fourth-order valence-corrected chi connectivity index (χ4v) is 1.32. The molecule has 2 aromatic rings. The molecule has 0 aliphatic rings. The Morgan fingerprint density at radius 2 is 2.60 bits per heavy atom. The van der Waals surface area contributed by atoms with Crippen LogP contribution >= 0.6 is 11.3 Å². The van der Waals surface area contributed by atoms with Crippen molar-refractivity contribution in [3.63, 3.8) is 0 Å². The van der Waals surface area contributed by atoms with Crippen molar-refractivity contribution in [3.8, 4) is 6.07 Å². The van der Waals surface area contributed by atoms with Crippen LogP contribution in [0, 0.1) is 11.3 Å². The second kappa shape index (κ2) is 1.75. The molecule has 0 amide bonds. The number of tetrazole rings is 1. The summed E-state index contributed by atoms with van der Waals surface area (Å²) in [5, 5.41) is 20.8. The molecule has 0 radical (unpaired) electrons. The van der Waals surface area contributed by atoms with Crippen LogP contribution in [0.2, 0.25) is 0 Å². The van der Waals surface area contributed by atoms with Gasteiger partial charge in [-0.25, -0.2) is 0 Å². The van der Waals surface area contributed by atoms with E-state index < -0.39 is 0 Å². The minimum absolute atomic E-state index is 0.477. The molecule has 0 aromatic carbocycles. The van der Waals surface area contributed by atoms with Gasteiger partial charge in [-0.15, -0.1) is 11.3 Å². The molecular formula is C4HN5S. The summed E-state index contributed by atoms with van der Waals surface area (Å²) in [5.74, 6) is 0. The highest BCUT2D eigenvalue weighted by atomic mass is 32.1. The van der Waals surface area contributed by atoms with Crippen LogP contribution in [-0.2, 0) is 0 Å². The molecule has 0 atom stereocenters. The molecule has 6 heteroatoms. The number of thiazole rings is 1. The Morgan fingerprint density at radius 3 is 3.40 bits per heavy atom. The van der Waals surface area contributed by atoms with E-state index in [1.165, 1.54) is 15.9 Å². The molecule has 0 saturated heterocycles. The van der Waals surface area contributed by atoms with E-state index in [0.29, 0.717) is 10.7 Å². The summed E-state index contributed by atoms with van der Waals surface area (Å²) in [6, 6.07) is 1.97. The maximum absolute atomic E-state index is 8.48. The maximum atomic E-state index is 8.48. The lowest BCUT2D eigenvalue weighted by Gasteiger charge is -1.75. The van der Waals surface area contributed by atoms with Crippen LogP contribution in [0.1, 0.15) is 5.69 Å². The lowest BCUT2D eigenvalue weighted by molar-refractivity contribution is 0.818. The van der Waals surface area contributed by atoms with Gasteiger partial charge in [-0.2, -0.15) is 9.78 Å². The number of rotatable bonds is 0. The Balaban J connectivity index is 2.92. The van der Waals surface area contributed by atoms with Gasteiger partial charge in [0, 0.05) is 5.38 Å². The van der Waals surface area contributed by atoms with Gasteiger partial charge in [0.05, 0.1) is 0 Å². The lowest BCUT2D eigenvalue weighted by Crippen LogP contribution is -1.86. The molecule has 48 valence electrons. The minimum atomic E-state index is 0.477. The van der Waals surface area contributed by atoms with Crippen molar-refractivity contribution in [3.05, 3.63) is 11.1 Å². The summed E-state index contributed by atoms with van der Waals surface area (Å²) in [6.45, 7) is 0. The Morgan fingerprint density at radius 1 is 1.70 bits per heavy atom. The molecule has 0 saturated carbocycles. The van der Waals surface area contributed by atoms with Crippen LogP contribution in [0.3, 0.4) is 0 Å². The topological polar surface area (TPSA) is 66.9 Å². The lowest BCUT2D eigenvalue weighted by atomic mass is 10.6. The fraction of sp³-hybridized carbons (Fsp3) is 0. The maximum Gasteiger partial charge on any atom is 0.235 e. The molecular weight excluding hydrogens is 150 g/mol. The van der Waals surface area contributed by atoms with Crippen molar-refractivity contribution in [2.24, 2.45) is 0 Å². The zero-order valence-electron chi connectivity index (χ0n) is 4.72. The van der Waals surface area contributed by atoms with E-state index in [1.54, 1.807) is 5.38 Å². The van der Waals surface area contributed by atoms with Crippen LogP contribution in [0.15, 0.2) is 5.38 Å². The number of hydrogen-bond acceptors (Lipinski definition) is 5. The third-order valence-corrected chi connectivity index (χ3v) is 1.87. The summed E-state index contributed by atoms with van der Waals surface area (Å²) in [7, 11) is 0. The third-order valence-electron chi connectivity index (χ3n) is 1.06. The van der Waals surface area contributed by atoms with E-state index in [4.69, 9.17) is 5.26 Å². The number of nitriles is 1. The predicted molar refractivity (Wildman–Crippen MR) is 33.4 cm³/mol. The Hall–Kier alpha value is -1.48. The molecule has 2 rings (SSSR count). The van der Waals surface area contributed by atoms with Crippen LogP contribution in [0.25, 0.3) is 4.96 Å². The van der Waals surface area contributed by atoms with Gasteiger partial charge >= 0.3 is 0 Å². The van der Waals surface area contributed by atoms with Crippen molar-refractivity contribution in [1.29, 1.82) is 5.26 Å².